The number of benzene rings is 2. The lowest BCUT2D eigenvalue weighted by molar-refractivity contribution is -0.120. The van der Waals surface area contributed by atoms with Gasteiger partial charge in [-0.25, -0.2) is 0 Å². The molecule has 0 bridgehead atoms. The molecule has 0 atom stereocenters. The predicted octanol–water partition coefficient (Wildman–Crippen LogP) is 2.19. The first-order chi connectivity index (χ1) is 11.7. The fraction of sp³-hybridized carbons (Fsp3) is 0.263. The molecule has 124 valence electrons. The average molecular weight is 323 g/mol. The van der Waals surface area contributed by atoms with Crippen LogP contribution in [0.4, 0.5) is 11.4 Å². The Bertz CT molecular complexity index is 716. The van der Waals surface area contributed by atoms with E-state index in [1.54, 1.807) is 0 Å². The van der Waals surface area contributed by atoms with Crippen molar-refractivity contribution >= 4 is 23.2 Å². The Balaban J connectivity index is 1.64. The molecule has 2 aromatic carbocycles. The SMILES string of the molecule is O=C1CN(c2ccccc2NC(=O)CCc2ccccc2)CCN1. The topological polar surface area (TPSA) is 61.4 Å². The van der Waals surface area contributed by atoms with Crippen molar-refractivity contribution < 1.29 is 9.59 Å². The van der Waals surface area contributed by atoms with E-state index < -0.39 is 0 Å². The van der Waals surface area contributed by atoms with Crippen molar-refractivity contribution in [1.29, 1.82) is 0 Å². The average Bonchev–Trinajstić information content (AvgIpc) is 2.61. The normalized spacial score (nSPS) is 14.2. The van der Waals surface area contributed by atoms with E-state index in [4.69, 9.17) is 0 Å². The molecule has 1 fully saturated rings. The monoisotopic (exact) mass is 323 g/mol. The molecule has 0 unspecified atom stereocenters. The Morgan fingerprint density at radius 1 is 1.08 bits per heavy atom. The summed E-state index contributed by atoms with van der Waals surface area (Å²) in [5.74, 6) is -0.0146. The van der Waals surface area contributed by atoms with Crippen molar-refractivity contribution in [3.63, 3.8) is 0 Å². The van der Waals surface area contributed by atoms with E-state index in [9.17, 15) is 9.59 Å². The molecule has 0 spiro atoms. The third-order valence-electron chi connectivity index (χ3n) is 4.04. The van der Waals surface area contributed by atoms with E-state index in [0.29, 0.717) is 25.9 Å². The summed E-state index contributed by atoms with van der Waals surface area (Å²) in [4.78, 5) is 25.9. The second kappa shape index (κ2) is 7.64. The molecular formula is C19H21N3O2. The van der Waals surface area contributed by atoms with Crippen LogP contribution in [0.25, 0.3) is 0 Å². The Kier molecular flexibility index (Phi) is 5.11. The number of rotatable bonds is 5. The van der Waals surface area contributed by atoms with E-state index in [1.165, 1.54) is 0 Å². The number of nitrogens with zero attached hydrogens (tertiary/aromatic N) is 1. The lowest BCUT2D eigenvalue weighted by atomic mass is 10.1. The number of amides is 2. The van der Waals surface area contributed by atoms with Crippen LogP contribution in [0, 0.1) is 0 Å². The van der Waals surface area contributed by atoms with E-state index in [0.717, 1.165) is 23.5 Å². The molecule has 2 aromatic rings. The fourth-order valence-corrected chi connectivity index (χ4v) is 2.81. The maximum absolute atomic E-state index is 12.3. The third kappa shape index (κ3) is 4.13. The molecule has 2 N–H and O–H groups in total. The largest absolute Gasteiger partial charge is 0.359 e. The summed E-state index contributed by atoms with van der Waals surface area (Å²) in [5, 5.41) is 5.79. The van der Waals surface area contributed by atoms with Crippen LogP contribution in [0.15, 0.2) is 54.6 Å². The van der Waals surface area contributed by atoms with Crippen molar-refractivity contribution in [2.45, 2.75) is 12.8 Å². The zero-order chi connectivity index (χ0) is 16.8. The van der Waals surface area contributed by atoms with E-state index >= 15 is 0 Å². The first kappa shape index (κ1) is 16.1. The van der Waals surface area contributed by atoms with Gasteiger partial charge in [-0.05, 0) is 24.1 Å². The Morgan fingerprint density at radius 3 is 2.62 bits per heavy atom. The van der Waals surface area contributed by atoms with Crippen molar-refractivity contribution in [2.75, 3.05) is 29.9 Å². The fourth-order valence-electron chi connectivity index (χ4n) is 2.81. The van der Waals surface area contributed by atoms with E-state index in [1.807, 2.05) is 59.5 Å². The number of nitrogens with one attached hydrogen (secondary N) is 2. The molecular weight excluding hydrogens is 302 g/mol. The molecule has 1 heterocycles. The van der Waals surface area contributed by atoms with Crippen LogP contribution in [0.2, 0.25) is 0 Å². The molecule has 5 heteroatoms. The highest BCUT2D eigenvalue weighted by Crippen LogP contribution is 2.26. The van der Waals surface area contributed by atoms with Crippen LogP contribution in [-0.2, 0) is 16.0 Å². The van der Waals surface area contributed by atoms with Gasteiger partial charge in [0.15, 0.2) is 0 Å². The number of para-hydroxylation sites is 2. The van der Waals surface area contributed by atoms with Gasteiger partial charge in [-0.15, -0.1) is 0 Å². The molecule has 0 radical (unpaired) electrons. The molecule has 3 rings (SSSR count). The second-order valence-corrected chi connectivity index (χ2v) is 5.82. The van der Waals surface area contributed by atoms with Gasteiger partial charge in [-0.3, -0.25) is 9.59 Å². The summed E-state index contributed by atoms with van der Waals surface area (Å²) >= 11 is 0. The van der Waals surface area contributed by atoms with Crippen LogP contribution >= 0.6 is 0 Å². The van der Waals surface area contributed by atoms with Crippen LogP contribution < -0.4 is 15.5 Å². The summed E-state index contributed by atoms with van der Waals surface area (Å²) in [6.07, 6.45) is 1.14. The minimum Gasteiger partial charge on any atom is -0.359 e. The highest BCUT2D eigenvalue weighted by atomic mass is 16.2. The van der Waals surface area contributed by atoms with Gasteiger partial charge in [-0.1, -0.05) is 42.5 Å². The van der Waals surface area contributed by atoms with Gasteiger partial charge in [0, 0.05) is 19.5 Å². The zero-order valence-electron chi connectivity index (χ0n) is 13.5. The maximum atomic E-state index is 12.3. The molecule has 0 saturated carbocycles. The second-order valence-electron chi connectivity index (χ2n) is 5.82. The molecule has 24 heavy (non-hydrogen) atoms. The zero-order valence-corrected chi connectivity index (χ0v) is 13.5. The van der Waals surface area contributed by atoms with Gasteiger partial charge in [-0.2, -0.15) is 0 Å². The summed E-state index contributed by atoms with van der Waals surface area (Å²) in [7, 11) is 0. The molecule has 1 aliphatic heterocycles. The molecule has 0 aliphatic carbocycles. The number of carbonyl (C=O) groups is 2. The van der Waals surface area contributed by atoms with Crippen molar-refractivity contribution in [3.05, 3.63) is 60.2 Å². The summed E-state index contributed by atoms with van der Waals surface area (Å²) in [6.45, 7) is 1.68. The molecule has 0 aromatic heterocycles. The Labute approximate surface area is 141 Å². The molecule has 1 aliphatic rings. The quantitative estimate of drug-likeness (QED) is 0.887. The summed E-state index contributed by atoms with van der Waals surface area (Å²) < 4.78 is 0. The van der Waals surface area contributed by atoms with Gasteiger partial charge in [0.25, 0.3) is 0 Å². The van der Waals surface area contributed by atoms with Crippen molar-refractivity contribution in [2.24, 2.45) is 0 Å². The van der Waals surface area contributed by atoms with Crippen LogP contribution in [0.5, 0.6) is 0 Å². The van der Waals surface area contributed by atoms with Crippen molar-refractivity contribution in [3.8, 4) is 0 Å². The molecule has 2 amide bonds. The third-order valence-corrected chi connectivity index (χ3v) is 4.04. The van der Waals surface area contributed by atoms with Gasteiger partial charge in [0.1, 0.15) is 0 Å². The van der Waals surface area contributed by atoms with Crippen LogP contribution in [-0.4, -0.2) is 31.4 Å². The first-order valence-corrected chi connectivity index (χ1v) is 8.17. The number of anilines is 2. The summed E-state index contributed by atoms with van der Waals surface area (Å²) in [5.41, 5.74) is 2.79. The molecule has 5 nitrogen and oxygen atoms in total. The molecule has 1 saturated heterocycles. The standard InChI is InChI=1S/C19H21N3O2/c23-18(11-10-15-6-2-1-3-7-15)21-16-8-4-5-9-17(16)22-13-12-20-19(24)14-22/h1-9H,10-14H2,(H,20,24)(H,21,23). The van der Waals surface area contributed by atoms with Gasteiger partial charge >= 0.3 is 0 Å². The highest BCUT2D eigenvalue weighted by molar-refractivity contribution is 5.95. The van der Waals surface area contributed by atoms with E-state index in [2.05, 4.69) is 10.6 Å². The lowest BCUT2D eigenvalue weighted by Crippen LogP contribution is -2.47. The smallest absolute Gasteiger partial charge is 0.239 e. The number of piperazine rings is 1. The van der Waals surface area contributed by atoms with Crippen molar-refractivity contribution in [1.82, 2.24) is 5.32 Å². The number of hydrogen-bond acceptors (Lipinski definition) is 3. The predicted molar refractivity (Wildman–Crippen MR) is 95.1 cm³/mol. The van der Waals surface area contributed by atoms with Gasteiger partial charge < -0.3 is 15.5 Å². The van der Waals surface area contributed by atoms with Crippen LogP contribution in [0.3, 0.4) is 0 Å². The minimum atomic E-state index is -0.0206. The van der Waals surface area contributed by atoms with E-state index in [-0.39, 0.29) is 11.8 Å². The maximum Gasteiger partial charge on any atom is 0.239 e. The first-order valence-electron chi connectivity index (χ1n) is 8.17. The number of aryl methyl sites for hydroxylation is 1. The summed E-state index contributed by atoms with van der Waals surface area (Å²) in [6, 6.07) is 17.6. The number of hydrogen-bond donors (Lipinski definition) is 2. The Morgan fingerprint density at radius 2 is 1.83 bits per heavy atom. The van der Waals surface area contributed by atoms with Gasteiger partial charge in [0.05, 0.1) is 17.9 Å². The van der Waals surface area contributed by atoms with Crippen LogP contribution in [0.1, 0.15) is 12.0 Å². The minimum absolute atomic E-state index is 0.00598. The van der Waals surface area contributed by atoms with Gasteiger partial charge in [0.2, 0.25) is 11.8 Å². The lowest BCUT2D eigenvalue weighted by Gasteiger charge is -2.30. The number of carbonyl (C=O) groups excluding carboxylic acids is 2. The Hall–Kier alpha value is -2.82. The highest BCUT2D eigenvalue weighted by Gasteiger charge is 2.19.